The van der Waals surface area contributed by atoms with Crippen molar-refractivity contribution in [1.29, 1.82) is 0 Å². The molecule has 0 spiro atoms. The summed E-state index contributed by atoms with van der Waals surface area (Å²) < 4.78 is 27.8. The third-order valence-electron chi connectivity index (χ3n) is 4.27. The molecule has 0 radical (unpaired) electrons. The van der Waals surface area contributed by atoms with Gasteiger partial charge in [0.2, 0.25) is 10.0 Å². The van der Waals surface area contributed by atoms with Gasteiger partial charge in [0.05, 0.1) is 9.82 Å². The Morgan fingerprint density at radius 2 is 2.08 bits per heavy atom. The topological polar surface area (TPSA) is 142 Å². The molecule has 1 amide bonds. The van der Waals surface area contributed by atoms with Crippen molar-refractivity contribution in [3.63, 3.8) is 0 Å². The SMILES string of the molecule is CC1CCCCC1NC(=O)COc1ccc(S(N)(=O)=O)cc1[N+](=O)[O-]. The zero-order valence-corrected chi connectivity index (χ0v) is 14.6. The number of nitrogens with zero attached hydrogens (tertiary/aromatic N) is 1. The fourth-order valence-electron chi connectivity index (χ4n) is 2.86. The molecular formula is C15H21N3O6S. The van der Waals surface area contributed by atoms with Crippen LogP contribution >= 0.6 is 0 Å². The highest BCUT2D eigenvalue weighted by Gasteiger charge is 2.24. The molecule has 0 aromatic heterocycles. The highest BCUT2D eigenvalue weighted by atomic mass is 32.2. The Labute approximate surface area is 145 Å². The van der Waals surface area contributed by atoms with Crippen LogP contribution in [0.25, 0.3) is 0 Å². The molecule has 2 rings (SSSR count). The van der Waals surface area contributed by atoms with Gasteiger partial charge in [-0.1, -0.05) is 19.8 Å². The van der Waals surface area contributed by atoms with Gasteiger partial charge in [-0.3, -0.25) is 14.9 Å². The molecule has 0 bridgehead atoms. The molecule has 25 heavy (non-hydrogen) atoms. The molecule has 138 valence electrons. The van der Waals surface area contributed by atoms with Crippen LogP contribution in [0.2, 0.25) is 0 Å². The summed E-state index contributed by atoms with van der Waals surface area (Å²) in [6, 6.07) is 3.10. The number of nitro groups is 1. The highest BCUT2D eigenvalue weighted by Crippen LogP contribution is 2.29. The van der Waals surface area contributed by atoms with E-state index < -0.39 is 32.1 Å². The second-order valence-electron chi connectivity index (χ2n) is 6.16. The minimum atomic E-state index is -4.07. The number of carbonyl (C=O) groups excluding carboxylic acids is 1. The van der Waals surface area contributed by atoms with E-state index in [-0.39, 0.29) is 17.7 Å². The molecule has 1 aromatic rings. The van der Waals surface area contributed by atoms with Gasteiger partial charge in [0.25, 0.3) is 5.91 Å². The summed E-state index contributed by atoms with van der Waals surface area (Å²) >= 11 is 0. The third kappa shape index (κ3) is 5.13. The summed E-state index contributed by atoms with van der Waals surface area (Å²) in [4.78, 5) is 21.9. The van der Waals surface area contributed by atoms with E-state index in [4.69, 9.17) is 9.88 Å². The Hall–Kier alpha value is -2.20. The first-order valence-corrected chi connectivity index (χ1v) is 9.46. The predicted octanol–water partition coefficient (Wildman–Crippen LogP) is 1.32. The molecule has 3 N–H and O–H groups in total. The predicted molar refractivity (Wildman–Crippen MR) is 89.5 cm³/mol. The van der Waals surface area contributed by atoms with Crippen LogP contribution in [0.15, 0.2) is 23.1 Å². The number of ether oxygens (including phenoxy) is 1. The summed E-state index contributed by atoms with van der Waals surface area (Å²) in [5.41, 5.74) is -0.564. The molecule has 1 aromatic carbocycles. The van der Waals surface area contributed by atoms with Crippen molar-refractivity contribution in [2.75, 3.05) is 6.61 Å². The van der Waals surface area contributed by atoms with E-state index in [9.17, 15) is 23.3 Å². The Morgan fingerprint density at radius 1 is 1.40 bits per heavy atom. The lowest BCUT2D eigenvalue weighted by atomic mass is 9.86. The lowest BCUT2D eigenvalue weighted by Gasteiger charge is -2.29. The second-order valence-corrected chi connectivity index (χ2v) is 7.72. The summed E-state index contributed by atoms with van der Waals surface area (Å²) in [5.74, 6) is -0.186. The molecule has 1 aliphatic rings. The van der Waals surface area contributed by atoms with E-state index in [1.165, 1.54) is 0 Å². The van der Waals surface area contributed by atoms with Crippen molar-refractivity contribution in [1.82, 2.24) is 5.32 Å². The normalized spacial score (nSPS) is 20.7. The molecular weight excluding hydrogens is 350 g/mol. The van der Waals surface area contributed by atoms with Gasteiger partial charge in [-0.25, -0.2) is 13.6 Å². The average Bonchev–Trinajstić information content (AvgIpc) is 2.54. The number of nitrogens with two attached hydrogens (primary N) is 1. The summed E-state index contributed by atoms with van der Waals surface area (Å²) in [7, 11) is -4.07. The maximum Gasteiger partial charge on any atom is 0.312 e. The van der Waals surface area contributed by atoms with E-state index in [1.54, 1.807) is 0 Å². The number of benzene rings is 1. The van der Waals surface area contributed by atoms with Crippen molar-refractivity contribution in [3.8, 4) is 5.75 Å². The van der Waals surface area contributed by atoms with Gasteiger partial charge < -0.3 is 10.1 Å². The Morgan fingerprint density at radius 3 is 2.68 bits per heavy atom. The molecule has 0 aliphatic heterocycles. The van der Waals surface area contributed by atoms with Crippen molar-refractivity contribution in [2.45, 2.75) is 43.5 Å². The first-order chi connectivity index (χ1) is 11.7. The van der Waals surface area contributed by atoms with Gasteiger partial charge in [-0.05, 0) is 30.9 Å². The zero-order chi connectivity index (χ0) is 18.6. The van der Waals surface area contributed by atoms with Crippen molar-refractivity contribution in [3.05, 3.63) is 28.3 Å². The minimum absolute atomic E-state index is 0.0737. The molecule has 0 saturated heterocycles. The van der Waals surface area contributed by atoms with Crippen molar-refractivity contribution < 1.29 is 22.9 Å². The lowest BCUT2D eigenvalue weighted by Crippen LogP contribution is -2.43. The van der Waals surface area contributed by atoms with Crippen molar-refractivity contribution >= 4 is 21.6 Å². The fraction of sp³-hybridized carbons (Fsp3) is 0.533. The maximum absolute atomic E-state index is 12.0. The largest absolute Gasteiger partial charge is 0.477 e. The summed E-state index contributed by atoms with van der Waals surface area (Å²) in [5, 5.41) is 18.9. The van der Waals surface area contributed by atoms with E-state index >= 15 is 0 Å². The molecule has 2 atom stereocenters. The second kappa shape index (κ2) is 7.79. The number of carbonyl (C=O) groups is 1. The number of primary sulfonamides is 1. The maximum atomic E-state index is 12.0. The van der Waals surface area contributed by atoms with E-state index in [2.05, 4.69) is 12.2 Å². The number of hydrogen-bond donors (Lipinski definition) is 2. The van der Waals surface area contributed by atoms with Gasteiger partial charge in [0.15, 0.2) is 12.4 Å². The van der Waals surface area contributed by atoms with Gasteiger partial charge in [-0.2, -0.15) is 0 Å². The summed E-state index contributed by atoms with van der Waals surface area (Å²) in [6.45, 7) is 1.68. The molecule has 0 heterocycles. The first-order valence-electron chi connectivity index (χ1n) is 7.92. The molecule has 10 heteroatoms. The lowest BCUT2D eigenvalue weighted by molar-refractivity contribution is -0.386. The van der Waals surface area contributed by atoms with Gasteiger partial charge in [-0.15, -0.1) is 0 Å². The smallest absolute Gasteiger partial charge is 0.312 e. The van der Waals surface area contributed by atoms with Crippen LogP contribution in [0.5, 0.6) is 5.75 Å². The van der Waals surface area contributed by atoms with E-state index in [0.29, 0.717) is 5.92 Å². The number of nitro benzene ring substituents is 1. The van der Waals surface area contributed by atoms with Crippen LogP contribution in [0.4, 0.5) is 5.69 Å². The number of nitrogens with one attached hydrogen (secondary N) is 1. The average molecular weight is 371 g/mol. The Balaban J connectivity index is 2.04. The van der Waals surface area contributed by atoms with Crippen LogP contribution in [-0.2, 0) is 14.8 Å². The molecule has 1 fully saturated rings. The van der Waals surface area contributed by atoms with Gasteiger partial charge in [0.1, 0.15) is 0 Å². The van der Waals surface area contributed by atoms with Crippen LogP contribution in [0.1, 0.15) is 32.6 Å². The van der Waals surface area contributed by atoms with Gasteiger partial charge in [0, 0.05) is 12.1 Å². The van der Waals surface area contributed by atoms with Crippen molar-refractivity contribution in [2.24, 2.45) is 11.1 Å². The Bertz CT molecular complexity index is 765. The van der Waals surface area contributed by atoms with Crippen LogP contribution in [0.3, 0.4) is 0 Å². The number of amides is 1. The molecule has 1 aliphatic carbocycles. The molecule has 9 nitrogen and oxygen atoms in total. The number of hydrogen-bond acceptors (Lipinski definition) is 6. The molecule has 1 saturated carbocycles. The standard InChI is InChI=1S/C15H21N3O6S/c1-10-4-2-3-5-12(10)17-15(19)9-24-14-7-6-11(25(16,22)23)8-13(14)18(20)21/h6-8,10,12H,2-5,9H2,1H3,(H,17,19)(H2,16,22,23). The first kappa shape index (κ1) is 19.1. The summed E-state index contributed by atoms with van der Waals surface area (Å²) in [6.07, 6.45) is 4.14. The zero-order valence-electron chi connectivity index (χ0n) is 13.8. The van der Waals surface area contributed by atoms with Crippen LogP contribution in [-0.4, -0.2) is 31.9 Å². The Kier molecular flexibility index (Phi) is 5.96. The highest BCUT2D eigenvalue weighted by molar-refractivity contribution is 7.89. The van der Waals surface area contributed by atoms with E-state index in [1.807, 2.05) is 0 Å². The minimum Gasteiger partial charge on any atom is -0.477 e. The quantitative estimate of drug-likeness (QED) is 0.570. The van der Waals surface area contributed by atoms with Gasteiger partial charge >= 0.3 is 5.69 Å². The number of rotatable bonds is 6. The van der Waals surface area contributed by atoms with Crippen LogP contribution < -0.4 is 15.2 Å². The fourth-order valence-corrected chi connectivity index (χ4v) is 3.39. The third-order valence-corrected chi connectivity index (χ3v) is 5.18. The van der Waals surface area contributed by atoms with Crippen LogP contribution in [0, 0.1) is 16.0 Å². The van der Waals surface area contributed by atoms with E-state index in [0.717, 1.165) is 43.9 Å². The number of sulfonamides is 1. The molecule has 2 unspecified atom stereocenters. The monoisotopic (exact) mass is 371 g/mol.